The minimum absolute atomic E-state index is 0.0314. The number of rotatable bonds is 5. The molecule has 0 aromatic heterocycles. The molecule has 1 fully saturated rings. The van der Waals surface area contributed by atoms with E-state index in [9.17, 15) is 19.7 Å². The molecular formula is C23H25NO5. The van der Waals surface area contributed by atoms with Crippen molar-refractivity contribution in [1.29, 1.82) is 0 Å². The molecule has 0 heterocycles. The van der Waals surface area contributed by atoms with E-state index >= 15 is 0 Å². The van der Waals surface area contributed by atoms with Gasteiger partial charge < -0.3 is 4.74 Å². The van der Waals surface area contributed by atoms with Crippen molar-refractivity contribution in [2.45, 2.75) is 51.0 Å². The third-order valence-electron chi connectivity index (χ3n) is 5.79. The van der Waals surface area contributed by atoms with E-state index in [4.69, 9.17) is 4.74 Å². The molecule has 1 saturated carbocycles. The highest BCUT2D eigenvalue weighted by Crippen LogP contribution is 2.50. The fourth-order valence-corrected chi connectivity index (χ4v) is 4.29. The maximum Gasteiger partial charge on any atom is 0.386 e. The fourth-order valence-electron chi connectivity index (χ4n) is 4.29. The summed E-state index contributed by atoms with van der Waals surface area (Å²) in [7, 11) is 0. The molecule has 0 amide bonds. The number of ether oxygens (including phenoxy) is 1. The van der Waals surface area contributed by atoms with Crippen LogP contribution >= 0.6 is 0 Å². The molecule has 2 atom stereocenters. The molecule has 29 heavy (non-hydrogen) atoms. The molecule has 0 radical (unpaired) electrons. The summed E-state index contributed by atoms with van der Waals surface area (Å²) >= 11 is 0. The van der Waals surface area contributed by atoms with Crippen molar-refractivity contribution in [3.05, 3.63) is 80.9 Å². The zero-order valence-corrected chi connectivity index (χ0v) is 16.9. The summed E-state index contributed by atoms with van der Waals surface area (Å²) in [6.07, 6.45) is -0.129. The number of Topliss-reactive ketones (excluding diaryl/α,β-unsaturated/α-hetero) is 1. The van der Waals surface area contributed by atoms with Gasteiger partial charge in [-0.05, 0) is 31.9 Å². The van der Waals surface area contributed by atoms with Crippen LogP contribution in [0.3, 0.4) is 0 Å². The van der Waals surface area contributed by atoms with Gasteiger partial charge in [0.25, 0.3) is 0 Å². The van der Waals surface area contributed by atoms with Gasteiger partial charge >= 0.3 is 11.5 Å². The zero-order valence-electron chi connectivity index (χ0n) is 16.9. The van der Waals surface area contributed by atoms with Crippen molar-refractivity contribution in [2.24, 2.45) is 0 Å². The predicted molar refractivity (Wildman–Crippen MR) is 108 cm³/mol. The lowest BCUT2D eigenvalue weighted by Gasteiger charge is -2.40. The van der Waals surface area contributed by atoms with Gasteiger partial charge in [0.05, 0.1) is 18.4 Å². The second-order valence-electron chi connectivity index (χ2n) is 7.68. The quantitative estimate of drug-likeness (QED) is 0.432. The number of nitrogens with zero attached hydrogens (tertiary/aromatic N) is 1. The largest absolute Gasteiger partial charge is 0.461 e. The van der Waals surface area contributed by atoms with Crippen LogP contribution in [0.1, 0.15) is 53.9 Å². The Morgan fingerprint density at radius 1 is 1.00 bits per heavy atom. The Bertz CT molecular complexity index is 860. The van der Waals surface area contributed by atoms with Crippen LogP contribution in [-0.4, -0.2) is 28.8 Å². The summed E-state index contributed by atoms with van der Waals surface area (Å²) < 4.78 is 5.24. The van der Waals surface area contributed by atoms with Gasteiger partial charge in [-0.25, -0.2) is 4.79 Å². The molecule has 3 rings (SSSR count). The maximum absolute atomic E-state index is 13.2. The van der Waals surface area contributed by atoms with Gasteiger partial charge in [-0.3, -0.25) is 14.9 Å². The van der Waals surface area contributed by atoms with Gasteiger partial charge in [-0.2, -0.15) is 0 Å². The number of hydrogen-bond donors (Lipinski definition) is 0. The van der Waals surface area contributed by atoms with Crippen LogP contribution in [-0.2, 0) is 14.3 Å². The van der Waals surface area contributed by atoms with E-state index in [1.807, 2.05) is 38.1 Å². The molecular weight excluding hydrogens is 370 g/mol. The van der Waals surface area contributed by atoms with Gasteiger partial charge in [-0.1, -0.05) is 59.7 Å². The minimum Gasteiger partial charge on any atom is -0.461 e. The van der Waals surface area contributed by atoms with E-state index in [0.717, 1.165) is 11.1 Å². The summed E-state index contributed by atoms with van der Waals surface area (Å²) in [5.41, 5.74) is 1.13. The van der Waals surface area contributed by atoms with Crippen LogP contribution in [0.15, 0.2) is 48.5 Å². The predicted octanol–water partition coefficient (Wildman–Crippen LogP) is 4.11. The number of ketones is 1. The Hall–Kier alpha value is -3.02. The highest BCUT2D eigenvalue weighted by molar-refractivity contribution is 5.90. The molecule has 0 aliphatic heterocycles. The smallest absolute Gasteiger partial charge is 0.386 e. The van der Waals surface area contributed by atoms with Crippen LogP contribution in [0, 0.1) is 24.0 Å². The highest BCUT2D eigenvalue weighted by Gasteiger charge is 2.67. The van der Waals surface area contributed by atoms with E-state index in [0.29, 0.717) is 11.1 Å². The van der Waals surface area contributed by atoms with E-state index in [-0.39, 0.29) is 25.2 Å². The average Bonchev–Trinajstić information content (AvgIpc) is 2.68. The average molecular weight is 395 g/mol. The molecule has 0 saturated heterocycles. The monoisotopic (exact) mass is 395 g/mol. The van der Waals surface area contributed by atoms with Gasteiger partial charge in [0.15, 0.2) is 0 Å². The zero-order chi connectivity index (χ0) is 21.2. The second-order valence-corrected chi connectivity index (χ2v) is 7.68. The van der Waals surface area contributed by atoms with Crippen LogP contribution in [0.25, 0.3) is 0 Å². The Kier molecular flexibility index (Phi) is 5.82. The summed E-state index contributed by atoms with van der Waals surface area (Å²) in [6, 6.07) is 14.4. The van der Waals surface area contributed by atoms with Crippen LogP contribution in [0.4, 0.5) is 0 Å². The molecule has 6 heteroatoms. The lowest BCUT2D eigenvalue weighted by Crippen LogP contribution is -2.59. The van der Waals surface area contributed by atoms with Crippen LogP contribution in [0.2, 0.25) is 0 Å². The van der Waals surface area contributed by atoms with E-state index in [1.54, 1.807) is 31.2 Å². The number of esters is 1. The first-order valence-electron chi connectivity index (χ1n) is 9.77. The van der Waals surface area contributed by atoms with Crippen molar-refractivity contribution in [1.82, 2.24) is 0 Å². The molecule has 1 aliphatic carbocycles. The van der Waals surface area contributed by atoms with Crippen molar-refractivity contribution >= 4 is 11.8 Å². The third-order valence-corrected chi connectivity index (χ3v) is 5.79. The molecule has 152 valence electrons. The summed E-state index contributed by atoms with van der Waals surface area (Å²) in [5.74, 6) is -2.77. The molecule has 2 aromatic rings. The van der Waals surface area contributed by atoms with E-state index < -0.39 is 28.3 Å². The SMILES string of the molecule is CCOC(=O)C1([N+](=O)[O-])C(c2ccc(C)cc2)CC(=O)CC1c1ccc(C)cc1. The second kappa shape index (κ2) is 8.15. The van der Waals surface area contributed by atoms with Crippen molar-refractivity contribution in [2.75, 3.05) is 6.61 Å². The maximum atomic E-state index is 13.2. The minimum atomic E-state index is -2.06. The number of carbonyl (C=O) groups is 2. The Morgan fingerprint density at radius 2 is 1.41 bits per heavy atom. The van der Waals surface area contributed by atoms with Crippen LogP contribution < -0.4 is 0 Å². The lowest BCUT2D eigenvalue weighted by atomic mass is 9.61. The van der Waals surface area contributed by atoms with E-state index in [1.165, 1.54) is 0 Å². The molecule has 0 spiro atoms. The van der Waals surface area contributed by atoms with Crippen LogP contribution in [0.5, 0.6) is 0 Å². The third kappa shape index (κ3) is 3.67. The van der Waals surface area contributed by atoms with Crippen molar-refractivity contribution in [3.8, 4) is 0 Å². The number of hydrogen-bond acceptors (Lipinski definition) is 5. The Balaban J connectivity index is 2.25. The number of aryl methyl sites for hydroxylation is 2. The van der Waals surface area contributed by atoms with Gasteiger partial charge in [0.1, 0.15) is 5.78 Å². The molecule has 0 bridgehead atoms. The molecule has 2 aromatic carbocycles. The summed E-state index contributed by atoms with van der Waals surface area (Å²) in [6.45, 7) is 5.49. The summed E-state index contributed by atoms with van der Waals surface area (Å²) in [4.78, 5) is 37.9. The Morgan fingerprint density at radius 3 is 1.76 bits per heavy atom. The van der Waals surface area contributed by atoms with Gasteiger partial charge in [-0.15, -0.1) is 0 Å². The van der Waals surface area contributed by atoms with Gasteiger partial charge in [0, 0.05) is 17.8 Å². The number of nitro groups is 1. The molecule has 2 unspecified atom stereocenters. The van der Waals surface area contributed by atoms with Gasteiger partial charge in [0.2, 0.25) is 0 Å². The topological polar surface area (TPSA) is 86.5 Å². The first-order chi connectivity index (χ1) is 13.8. The first kappa shape index (κ1) is 20.7. The van der Waals surface area contributed by atoms with E-state index in [2.05, 4.69) is 0 Å². The fraction of sp³-hybridized carbons (Fsp3) is 0.391. The number of benzene rings is 2. The standard InChI is InChI=1S/C23H25NO5/c1-4-29-22(26)23(24(27)28)20(17-9-5-15(2)6-10-17)13-19(25)14-21(23)18-11-7-16(3)8-12-18/h5-12,20-21H,4,13-14H2,1-3H3. The van der Waals surface area contributed by atoms with Crippen molar-refractivity contribution in [3.63, 3.8) is 0 Å². The molecule has 0 N–H and O–H groups in total. The highest BCUT2D eigenvalue weighted by atomic mass is 16.6. The van der Waals surface area contributed by atoms with Crippen molar-refractivity contribution < 1.29 is 19.2 Å². The number of carbonyl (C=O) groups excluding carboxylic acids is 2. The Labute approximate surface area is 170 Å². The lowest BCUT2D eigenvalue weighted by molar-refractivity contribution is -0.566. The summed E-state index contributed by atoms with van der Waals surface area (Å²) in [5, 5.41) is 12.6. The molecule has 6 nitrogen and oxygen atoms in total. The molecule has 1 aliphatic rings. The normalized spacial score (nSPS) is 24.2. The first-order valence-corrected chi connectivity index (χ1v) is 9.77.